The van der Waals surface area contributed by atoms with Gasteiger partial charge in [0.15, 0.2) is 0 Å². The molecule has 0 aromatic heterocycles. The van der Waals surface area contributed by atoms with Crippen molar-refractivity contribution in [2.75, 3.05) is 18.1 Å². The monoisotopic (exact) mass is 335 g/mol. The number of ether oxygens (including phenoxy) is 1. The lowest BCUT2D eigenvalue weighted by molar-refractivity contribution is -0.118. The topological polar surface area (TPSA) is 38.3 Å². The van der Waals surface area contributed by atoms with Crippen LogP contribution < -0.4 is 10.1 Å². The molecule has 0 unspecified atom stereocenters. The van der Waals surface area contributed by atoms with Crippen LogP contribution in [-0.2, 0) is 11.3 Å². The predicted octanol–water partition coefficient (Wildman–Crippen LogP) is 3.77. The van der Waals surface area contributed by atoms with Gasteiger partial charge < -0.3 is 10.1 Å². The van der Waals surface area contributed by atoms with Crippen molar-refractivity contribution >= 4 is 29.3 Å². The number of rotatable bonds is 8. The van der Waals surface area contributed by atoms with Gasteiger partial charge >= 0.3 is 0 Å². The van der Waals surface area contributed by atoms with Crippen LogP contribution in [0.3, 0.4) is 0 Å². The molecule has 0 bridgehead atoms. The number of nitrogens with one attached hydrogen (secondary N) is 1. The largest absolute Gasteiger partial charge is 0.493 e. The van der Waals surface area contributed by atoms with Gasteiger partial charge in [0.2, 0.25) is 5.91 Å². The maximum atomic E-state index is 11.7. The van der Waals surface area contributed by atoms with E-state index in [0.717, 1.165) is 17.1 Å². The van der Waals surface area contributed by atoms with Gasteiger partial charge in [-0.3, -0.25) is 4.79 Å². The fraction of sp³-hybridized carbons (Fsp3) is 0.235. The van der Waals surface area contributed by atoms with E-state index < -0.39 is 0 Å². The second-order valence-corrected chi connectivity index (χ2v) is 6.16. The molecule has 2 aromatic rings. The summed E-state index contributed by atoms with van der Waals surface area (Å²) < 4.78 is 5.56. The van der Waals surface area contributed by atoms with Crippen LogP contribution in [0.2, 0.25) is 5.02 Å². The molecule has 0 spiro atoms. The Kier molecular flexibility index (Phi) is 7.13. The van der Waals surface area contributed by atoms with Crippen LogP contribution in [0.5, 0.6) is 5.75 Å². The highest BCUT2D eigenvalue weighted by molar-refractivity contribution is 7.99. The number of carbonyl (C=O) groups is 1. The second kappa shape index (κ2) is 9.38. The summed E-state index contributed by atoms with van der Waals surface area (Å²) in [6, 6.07) is 17.2. The van der Waals surface area contributed by atoms with Gasteiger partial charge in [0.25, 0.3) is 0 Å². The normalized spacial score (nSPS) is 10.2. The highest BCUT2D eigenvalue weighted by atomic mass is 35.5. The third kappa shape index (κ3) is 6.41. The highest BCUT2D eigenvalue weighted by Gasteiger charge is 2.02. The van der Waals surface area contributed by atoms with Gasteiger partial charge in [-0.25, -0.2) is 0 Å². The van der Waals surface area contributed by atoms with Crippen LogP contribution in [0.25, 0.3) is 0 Å². The fourth-order valence-corrected chi connectivity index (χ4v) is 2.60. The van der Waals surface area contributed by atoms with Crippen molar-refractivity contribution in [3.63, 3.8) is 0 Å². The molecule has 116 valence electrons. The number of halogens is 1. The average molecular weight is 336 g/mol. The van der Waals surface area contributed by atoms with E-state index in [9.17, 15) is 4.79 Å². The maximum absolute atomic E-state index is 11.7. The van der Waals surface area contributed by atoms with Gasteiger partial charge in [-0.15, -0.1) is 11.8 Å². The zero-order valence-corrected chi connectivity index (χ0v) is 13.7. The van der Waals surface area contributed by atoms with Gasteiger partial charge in [-0.2, -0.15) is 0 Å². The second-order valence-electron chi connectivity index (χ2n) is 4.62. The molecule has 0 heterocycles. The van der Waals surface area contributed by atoms with E-state index >= 15 is 0 Å². The Hall–Kier alpha value is -1.65. The van der Waals surface area contributed by atoms with E-state index in [0.29, 0.717) is 23.9 Å². The van der Waals surface area contributed by atoms with Crippen molar-refractivity contribution in [3.05, 3.63) is 65.2 Å². The molecule has 1 amide bonds. The van der Waals surface area contributed by atoms with Gasteiger partial charge in [0, 0.05) is 17.3 Å². The summed E-state index contributed by atoms with van der Waals surface area (Å²) in [5.74, 6) is 1.98. The lowest BCUT2D eigenvalue weighted by Gasteiger charge is -2.07. The molecule has 0 aliphatic heterocycles. The van der Waals surface area contributed by atoms with Crippen LogP contribution >= 0.6 is 23.4 Å². The standard InChI is InChI=1S/C17H18ClNO2S/c18-15-7-4-8-16(11-15)21-9-10-22-13-17(20)19-12-14-5-2-1-3-6-14/h1-8,11H,9-10,12-13H2,(H,19,20). The summed E-state index contributed by atoms with van der Waals surface area (Å²) in [4.78, 5) is 11.7. The van der Waals surface area contributed by atoms with Crippen molar-refractivity contribution in [3.8, 4) is 5.75 Å². The first kappa shape index (κ1) is 16.7. The Morgan fingerprint density at radius 1 is 1.14 bits per heavy atom. The Balaban J connectivity index is 1.55. The summed E-state index contributed by atoms with van der Waals surface area (Å²) in [5.41, 5.74) is 1.10. The molecule has 2 rings (SSSR count). The van der Waals surface area contributed by atoms with Crippen LogP contribution in [0.1, 0.15) is 5.56 Å². The molecule has 0 fully saturated rings. The van der Waals surface area contributed by atoms with Gasteiger partial charge in [-0.1, -0.05) is 48.0 Å². The van der Waals surface area contributed by atoms with Crippen molar-refractivity contribution < 1.29 is 9.53 Å². The first-order valence-corrected chi connectivity index (χ1v) is 8.54. The average Bonchev–Trinajstić information content (AvgIpc) is 2.54. The van der Waals surface area contributed by atoms with E-state index in [-0.39, 0.29) is 5.91 Å². The van der Waals surface area contributed by atoms with Crippen LogP contribution in [0, 0.1) is 0 Å². The molecule has 22 heavy (non-hydrogen) atoms. The zero-order valence-electron chi connectivity index (χ0n) is 12.1. The first-order chi connectivity index (χ1) is 10.7. The molecule has 5 heteroatoms. The Labute approximate surface area is 140 Å². The summed E-state index contributed by atoms with van der Waals surface area (Å²) in [7, 11) is 0. The molecular formula is C17H18ClNO2S. The molecule has 0 aliphatic rings. The van der Waals surface area contributed by atoms with Gasteiger partial charge in [-0.05, 0) is 23.8 Å². The molecule has 0 saturated carbocycles. The minimum absolute atomic E-state index is 0.0385. The summed E-state index contributed by atoms with van der Waals surface area (Å²) in [5, 5.41) is 3.55. The van der Waals surface area contributed by atoms with Crippen LogP contribution in [0.4, 0.5) is 0 Å². The van der Waals surface area contributed by atoms with Gasteiger partial charge in [0.05, 0.1) is 12.4 Å². The van der Waals surface area contributed by atoms with E-state index in [2.05, 4.69) is 5.32 Å². The quantitative estimate of drug-likeness (QED) is 0.746. The molecule has 2 aromatic carbocycles. The minimum atomic E-state index is 0.0385. The first-order valence-electron chi connectivity index (χ1n) is 7.01. The third-order valence-corrected chi connectivity index (χ3v) is 4.01. The SMILES string of the molecule is O=C(CSCCOc1cccc(Cl)c1)NCc1ccccc1. The number of amides is 1. The number of benzene rings is 2. The van der Waals surface area contributed by atoms with E-state index in [4.69, 9.17) is 16.3 Å². The molecule has 0 atom stereocenters. The number of carbonyl (C=O) groups excluding carboxylic acids is 1. The summed E-state index contributed by atoms with van der Waals surface area (Å²) in [6.45, 7) is 1.12. The number of thioether (sulfide) groups is 1. The van der Waals surface area contributed by atoms with Crippen LogP contribution in [0.15, 0.2) is 54.6 Å². The molecule has 0 saturated heterocycles. The molecule has 1 N–H and O–H groups in total. The Morgan fingerprint density at radius 3 is 2.73 bits per heavy atom. The van der Waals surface area contributed by atoms with E-state index in [1.54, 1.807) is 23.9 Å². The summed E-state index contributed by atoms with van der Waals surface area (Å²) in [6.07, 6.45) is 0. The molecular weight excluding hydrogens is 318 g/mol. The highest BCUT2D eigenvalue weighted by Crippen LogP contribution is 2.17. The summed E-state index contributed by atoms with van der Waals surface area (Å²) >= 11 is 7.42. The minimum Gasteiger partial charge on any atom is -0.493 e. The molecule has 3 nitrogen and oxygen atoms in total. The van der Waals surface area contributed by atoms with Crippen molar-refractivity contribution in [2.45, 2.75) is 6.54 Å². The third-order valence-electron chi connectivity index (χ3n) is 2.86. The lowest BCUT2D eigenvalue weighted by atomic mass is 10.2. The number of hydrogen-bond donors (Lipinski definition) is 1. The number of hydrogen-bond acceptors (Lipinski definition) is 3. The fourth-order valence-electron chi connectivity index (χ4n) is 1.79. The molecule has 0 radical (unpaired) electrons. The lowest BCUT2D eigenvalue weighted by Crippen LogP contribution is -2.24. The van der Waals surface area contributed by atoms with Crippen molar-refractivity contribution in [1.82, 2.24) is 5.32 Å². The van der Waals surface area contributed by atoms with Crippen molar-refractivity contribution in [1.29, 1.82) is 0 Å². The van der Waals surface area contributed by atoms with Gasteiger partial charge in [0.1, 0.15) is 5.75 Å². The maximum Gasteiger partial charge on any atom is 0.230 e. The molecule has 0 aliphatic carbocycles. The smallest absolute Gasteiger partial charge is 0.230 e. The van der Waals surface area contributed by atoms with E-state index in [1.165, 1.54) is 0 Å². The van der Waals surface area contributed by atoms with Crippen molar-refractivity contribution in [2.24, 2.45) is 0 Å². The Morgan fingerprint density at radius 2 is 1.95 bits per heavy atom. The van der Waals surface area contributed by atoms with E-state index in [1.807, 2.05) is 42.5 Å². The Bertz CT molecular complexity index is 592. The predicted molar refractivity (Wildman–Crippen MR) is 92.6 cm³/mol. The van der Waals surface area contributed by atoms with Crippen LogP contribution in [-0.4, -0.2) is 24.0 Å². The zero-order chi connectivity index (χ0) is 15.6.